The molecule has 138 valence electrons. The number of anilines is 1. The van der Waals surface area contributed by atoms with Gasteiger partial charge < -0.3 is 19.3 Å². The molecule has 0 unspecified atom stereocenters. The Hall–Kier alpha value is -3.79. The highest BCUT2D eigenvalue weighted by Gasteiger charge is 2.53. The molecule has 2 aliphatic rings. The van der Waals surface area contributed by atoms with Crippen molar-refractivity contribution in [2.45, 2.75) is 18.3 Å². The number of ether oxygens (including phenoxy) is 2. The molecule has 1 aromatic heterocycles. The molecule has 2 aromatic carbocycles. The summed E-state index contributed by atoms with van der Waals surface area (Å²) >= 11 is 0. The van der Waals surface area contributed by atoms with Crippen molar-refractivity contribution in [3.63, 3.8) is 0 Å². The van der Waals surface area contributed by atoms with E-state index >= 15 is 0 Å². The lowest BCUT2D eigenvalue weighted by atomic mass is 10.00. The third-order valence-electron chi connectivity index (χ3n) is 5.11. The van der Waals surface area contributed by atoms with E-state index in [1.165, 1.54) is 0 Å². The Morgan fingerprint density at radius 2 is 1.86 bits per heavy atom. The predicted molar refractivity (Wildman–Crippen MR) is 98.8 cm³/mol. The fraction of sp³-hybridized carbons (Fsp3) is 0.190. The van der Waals surface area contributed by atoms with Gasteiger partial charge in [0.05, 0.1) is 22.7 Å². The standard InChI is InChI=1S/C21H15N3O4/c22-11-13-1-4-15(5-2-13)23-20(25)21(7-8-21)19-10-17(28-24-19)14-3-6-16-18(9-14)27-12-26-16/h1-6,9-10H,7-8,12H2,(H,23,25). The maximum absolute atomic E-state index is 12.9. The van der Waals surface area contributed by atoms with E-state index in [2.05, 4.69) is 16.5 Å². The van der Waals surface area contributed by atoms with Gasteiger partial charge in [-0.1, -0.05) is 5.16 Å². The summed E-state index contributed by atoms with van der Waals surface area (Å²) in [6.07, 6.45) is 1.42. The van der Waals surface area contributed by atoms with Gasteiger partial charge >= 0.3 is 0 Å². The zero-order valence-corrected chi connectivity index (χ0v) is 14.8. The molecule has 0 spiro atoms. The maximum atomic E-state index is 12.9. The van der Waals surface area contributed by atoms with Crippen LogP contribution in [-0.2, 0) is 10.2 Å². The zero-order valence-electron chi connectivity index (χ0n) is 14.8. The molecular formula is C21H15N3O4. The van der Waals surface area contributed by atoms with Gasteiger partial charge in [0.2, 0.25) is 12.7 Å². The largest absolute Gasteiger partial charge is 0.454 e. The van der Waals surface area contributed by atoms with Crippen LogP contribution in [0.25, 0.3) is 11.3 Å². The number of amides is 1. The van der Waals surface area contributed by atoms with Crippen LogP contribution in [-0.4, -0.2) is 17.9 Å². The molecular weight excluding hydrogens is 358 g/mol. The molecule has 0 atom stereocenters. The zero-order chi connectivity index (χ0) is 19.1. The number of nitrogens with one attached hydrogen (secondary N) is 1. The van der Waals surface area contributed by atoms with Crippen molar-refractivity contribution in [1.82, 2.24) is 5.16 Å². The van der Waals surface area contributed by atoms with Crippen LogP contribution < -0.4 is 14.8 Å². The highest BCUT2D eigenvalue weighted by atomic mass is 16.7. The molecule has 7 heteroatoms. The molecule has 1 amide bonds. The van der Waals surface area contributed by atoms with Gasteiger partial charge in [-0.15, -0.1) is 0 Å². The van der Waals surface area contributed by atoms with E-state index in [0.717, 1.165) is 5.56 Å². The summed E-state index contributed by atoms with van der Waals surface area (Å²) in [6.45, 7) is 0.207. The first-order valence-corrected chi connectivity index (χ1v) is 8.87. The summed E-state index contributed by atoms with van der Waals surface area (Å²) in [5.41, 5.74) is 1.95. The van der Waals surface area contributed by atoms with Crippen molar-refractivity contribution in [3.05, 3.63) is 59.8 Å². The lowest BCUT2D eigenvalue weighted by Gasteiger charge is -2.12. The van der Waals surface area contributed by atoms with Gasteiger partial charge in [-0.05, 0) is 55.3 Å². The lowest BCUT2D eigenvalue weighted by Crippen LogP contribution is -2.28. The summed E-state index contributed by atoms with van der Waals surface area (Å²) in [5.74, 6) is 1.81. The Morgan fingerprint density at radius 3 is 2.61 bits per heavy atom. The Morgan fingerprint density at radius 1 is 1.07 bits per heavy atom. The second kappa shape index (κ2) is 6.13. The fourth-order valence-electron chi connectivity index (χ4n) is 3.29. The number of benzene rings is 2. The molecule has 5 rings (SSSR count). The molecule has 0 bridgehead atoms. The Bertz CT molecular complexity index is 1110. The number of hydrogen-bond acceptors (Lipinski definition) is 6. The van der Waals surface area contributed by atoms with Crippen LogP contribution in [0, 0.1) is 11.3 Å². The van der Waals surface area contributed by atoms with E-state index in [0.29, 0.717) is 47.0 Å². The van der Waals surface area contributed by atoms with Crippen molar-refractivity contribution in [1.29, 1.82) is 5.26 Å². The Kier molecular flexibility index (Phi) is 3.59. The molecule has 3 aromatic rings. The second-order valence-electron chi connectivity index (χ2n) is 6.87. The van der Waals surface area contributed by atoms with E-state index in [9.17, 15) is 4.79 Å². The van der Waals surface area contributed by atoms with Crippen molar-refractivity contribution in [2.24, 2.45) is 0 Å². The summed E-state index contributed by atoms with van der Waals surface area (Å²) in [7, 11) is 0. The van der Waals surface area contributed by atoms with Crippen molar-refractivity contribution >= 4 is 11.6 Å². The minimum atomic E-state index is -0.675. The van der Waals surface area contributed by atoms with Crippen molar-refractivity contribution in [3.8, 4) is 28.9 Å². The van der Waals surface area contributed by atoms with Gasteiger partial charge in [0.25, 0.3) is 0 Å². The maximum Gasteiger partial charge on any atom is 0.236 e. The SMILES string of the molecule is N#Cc1ccc(NC(=O)C2(c3cc(-c4ccc5c(c4)OCO5)on3)CC2)cc1. The first kappa shape index (κ1) is 16.4. The van der Waals surface area contributed by atoms with Gasteiger partial charge in [-0.3, -0.25) is 4.79 Å². The van der Waals surface area contributed by atoms with Crippen LogP contribution in [0.1, 0.15) is 24.1 Å². The van der Waals surface area contributed by atoms with Crippen LogP contribution >= 0.6 is 0 Å². The Balaban J connectivity index is 1.37. The number of carbonyl (C=O) groups excluding carboxylic acids is 1. The first-order chi connectivity index (χ1) is 13.7. The number of aromatic nitrogens is 1. The van der Waals surface area contributed by atoms with Gasteiger partial charge in [-0.2, -0.15) is 5.26 Å². The van der Waals surface area contributed by atoms with Gasteiger partial charge in [0.15, 0.2) is 17.3 Å². The molecule has 1 aliphatic heterocycles. The van der Waals surface area contributed by atoms with E-state index in [1.54, 1.807) is 24.3 Å². The quantitative estimate of drug-likeness (QED) is 0.750. The van der Waals surface area contributed by atoms with Crippen LogP contribution in [0.4, 0.5) is 5.69 Å². The lowest BCUT2D eigenvalue weighted by molar-refractivity contribution is -0.118. The van der Waals surface area contributed by atoms with Crippen LogP contribution in [0.5, 0.6) is 11.5 Å². The molecule has 2 heterocycles. The molecule has 28 heavy (non-hydrogen) atoms. The van der Waals surface area contributed by atoms with E-state index in [1.807, 2.05) is 24.3 Å². The summed E-state index contributed by atoms with van der Waals surface area (Å²) in [5, 5.41) is 15.9. The third kappa shape index (κ3) is 2.67. The smallest absolute Gasteiger partial charge is 0.236 e. The van der Waals surface area contributed by atoms with Crippen LogP contribution in [0.3, 0.4) is 0 Å². The topological polar surface area (TPSA) is 97.4 Å². The van der Waals surface area contributed by atoms with Crippen LogP contribution in [0.2, 0.25) is 0 Å². The molecule has 1 N–H and O–H groups in total. The molecule has 7 nitrogen and oxygen atoms in total. The van der Waals surface area contributed by atoms with E-state index in [-0.39, 0.29) is 12.7 Å². The number of carbonyl (C=O) groups is 1. The number of rotatable bonds is 4. The van der Waals surface area contributed by atoms with E-state index in [4.69, 9.17) is 19.3 Å². The molecule has 1 fully saturated rings. The van der Waals surface area contributed by atoms with Crippen molar-refractivity contribution in [2.75, 3.05) is 12.1 Å². The summed E-state index contributed by atoms with van der Waals surface area (Å²) < 4.78 is 16.2. The molecule has 1 saturated carbocycles. The predicted octanol–water partition coefficient (Wildman–Crippen LogP) is 3.61. The summed E-state index contributed by atoms with van der Waals surface area (Å²) in [4.78, 5) is 12.9. The highest BCUT2D eigenvalue weighted by Crippen LogP contribution is 2.49. The second-order valence-corrected chi connectivity index (χ2v) is 6.87. The average Bonchev–Trinajstić information content (AvgIpc) is 3.16. The number of nitrogens with zero attached hydrogens (tertiary/aromatic N) is 2. The molecule has 1 aliphatic carbocycles. The minimum Gasteiger partial charge on any atom is -0.454 e. The third-order valence-corrected chi connectivity index (χ3v) is 5.11. The van der Waals surface area contributed by atoms with Gasteiger partial charge in [0, 0.05) is 17.3 Å². The Labute approximate surface area is 160 Å². The number of nitriles is 1. The monoisotopic (exact) mass is 373 g/mol. The number of hydrogen-bond donors (Lipinski definition) is 1. The van der Waals surface area contributed by atoms with Gasteiger partial charge in [0.1, 0.15) is 0 Å². The van der Waals surface area contributed by atoms with Crippen molar-refractivity contribution < 1.29 is 18.8 Å². The normalized spacial score (nSPS) is 15.7. The van der Waals surface area contributed by atoms with Gasteiger partial charge in [-0.25, -0.2) is 0 Å². The molecule has 0 radical (unpaired) electrons. The fourth-order valence-corrected chi connectivity index (χ4v) is 3.29. The highest BCUT2D eigenvalue weighted by molar-refractivity contribution is 6.01. The molecule has 0 saturated heterocycles. The van der Waals surface area contributed by atoms with E-state index < -0.39 is 5.41 Å². The van der Waals surface area contributed by atoms with Crippen LogP contribution in [0.15, 0.2) is 53.1 Å². The minimum absolute atomic E-state index is 0.122. The summed E-state index contributed by atoms with van der Waals surface area (Å²) in [6, 6.07) is 16.2. The first-order valence-electron chi connectivity index (χ1n) is 8.87. The number of fused-ring (bicyclic) bond motifs is 1. The average molecular weight is 373 g/mol.